The van der Waals surface area contributed by atoms with Crippen molar-refractivity contribution < 1.29 is 18.8 Å². The van der Waals surface area contributed by atoms with Crippen LogP contribution in [0.3, 0.4) is 0 Å². The average molecular weight is 247 g/mol. The van der Waals surface area contributed by atoms with Gasteiger partial charge in [0, 0.05) is 0 Å². The van der Waals surface area contributed by atoms with Crippen molar-refractivity contribution in [2.24, 2.45) is 0 Å². The van der Waals surface area contributed by atoms with E-state index in [9.17, 15) is 9.90 Å². The lowest BCUT2D eigenvalue weighted by molar-refractivity contribution is 0.0691. The Balaban J connectivity index is 3.17. The highest BCUT2D eigenvalue weighted by atomic mass is 79.9. The summed E-state index contributed by atoms with van der Waals surface area (Å²) in [5.74, 6) is -1.42. The van der Waals surface area contributed by atoms with Gasteiger partial charge in [-0.1, -0.05) is 12.1 Å². The number of carboxylic acids is 1. The molecule has 0 aromatic heterocycles. The lowest BCUT2D eigenvalue weighted by Gasteiger charge is -2.05. The first-order valence-corrected chi connectivity index (χ1v) is 4.09. The van der Waals surface area contributed by atoms with Crippen LogP contribution in [0.15, 0.2) is 18.2 Å². The van der Waals surface area contributed by atoms with Crippen molar-refractivity contribution in [2.45, 2.75) is 6.61 Å². The number of rotatable bonds is 3. The van der Waals surface area contributed by atoms with Crippen molar-refractivity contribution >= 4 is 22.2 Å². The van der Waals surface area contributed by atoms with Gasteiger partial charge in [0.05, 0.1) is 22.9 Å². The van der Waals surface area contributed by atoms with Crippen LogP contribution in [0.1, 0.15) is 15.9 Å². The van der Waals surface area contributed by atoms with Crippen LogP contribution in [0.4, 0.5) is 0 Å². The van der Waals surface area contributed by atoms with Crippen LogP contribution in [0.25, 0.3) is 0 Å². The third-order valence-electron chi connectivity index (χ3n) is 1.55. The van der Waals surface area contributed by atoms with Gasteiger partial charge in [-0.25, -0.2) is 4.79 Å². The van der Waals surface area contributed by atoms with E-state index in [1.165, 1.54) is 6.07 Å². The number of hydrogen-bond acceptors (Lipinski definition) is 3. The summed E-state index contributed by atoms with van der Waals surface area (Å²) in [5, 5.41) is 18.0. The highest BCUT2D eigenvalue weighted by molar-refractivity contribution is 9.06. The molecule has 0 fully saturated rings. The molecule has 0 aliphatic carbocycles. The van der Waals surface area contributed by atoms with Gasteiger partial charge in [-0.05, 0) is 11.6 Å². The van der Waals surface area contributed by atoms with Crippen LogP contribution in [0.5, 0.6) is 5.75 Å². The third-order valence-corrected chi connectivity index (χ3v) is 1.78. The second-order valence-electron chi connectivity index (χ2n) is 2.37. The molecule has 0 spiro atoms. The topological polar surface area (TPSA) is 66.8 Å². The Kier molecular flexibility index (Phi) is 3.27. The molecular formula is C8H7BrO4. The van der Waals surface area contributed by atoms with E-state index in [2.05, 4.69) is 20.1 Å². The Morgan fingerprint density at radius 1 is 1.54 bits per heavy atom. The van der Waals surface area contributed by atoms with E-state index in [0.717, 1.165) is 0 Å². The quantitative estimate of drug-likeness (QED) is 0.856. The fraction of sp³-hybridized carbons (Fsp3) is 0.125. The van der Waals surface area contributed by atoms with Gasteiger partial charge in [-0.2, -0.15) is 0 Å². The van der Waals surface area contributed by atoms with E-state index in [0.29, 0.717) is 5.56 Å². The molecule has 1 aromatic carbocycles. The molecule has 2 N–H and O–H groups in total. The van der Waals surface area contributed by atoms with Gasteiger partial charge in [0.25, 0.3) is 0 Å². The summed E-state index contributed by atoms with van der Waals surface area (Å²) in [6, 6.07) is 4.45. The van der Waals surface area contributed by atoms with Crippen molar-refractivity contribution in [1.29, 1.82) is 0 Å². The Hall–Kier alpha value is -1.07. The molecule has 4 nitrogen and oxygen atoms in total. The number of benzene rings is 1. The molecule has 13 heavy (non-hydrogen) atoms. The van der Waals surface area contributed by atoms with E-state index in [1.807, 2.05) is 0 Å². The van der Waals surface area contributed by atoms with Crippen LogP contribution in [0, 0.1) is 0 Å². The molecule has 0 atom stereocenters. The van der Waals surface area contributed by atoms with E-state index < -0.39 is 5.97 Å². The van der Waals surface area contributed by atoms with Crippen LogP contribution in [-0.4, -0.2) is 16.2 Å². The van der Waals surface area contributed by atoms with Crippen molar-refractivity contribution in [3.8, 4) is 5.75 Å². The standard InChI is InChI=1S/C8H7BrO4/c9-13-4-5-2-1-3-6(10)7(5)8(11)12/h1-3,10H,4H2,(H,11,12). The first-order chi connectivity index (χ1) is 6.16. The van der Waals surface area contributed by atoms with Gasteiger partial charge in [-0.3, -0.25) is 0 Å². The smallest absolute Gasteiger partial charge is 0.339 e. The molecule has 0 aliphatic rings. The molecule has 0 bridgehead atoms. The van der Waals surface area contributed by atoms with Crippen LogP contribution < -0.4 is 0 Å². The molecule has 1 rings (SSSR count). The molecule has 0 heterocycles. The molecule has 0 saturated heterocycles. The van der Waals surface area contributed by atoms with Gasteiger partial charge in [0.15, 0.2) is 0 Å². The Labute approximate surface area is 83.2 Å². The van der Waals surface area contributed by atoms with E-state index in [4.69, 9.17) is 5.11 Å². The van der Waals surface area contributed by atoms with Crippen LogP contribution >= 0.6 is 16.3 Å². The number of aromatic carboxylic acids is 1. The minimum atomic E-state index is -1.17. The molecule has 0 amide bonds. The SMILES string of the molecule is O=C(O)c1c(O)cccc1COBr. The van der Waals surface area contributed by atoms with Gasteiger partial charge < -0.3 is 14.0 Å². The highest BCUT2D eigenvalue weighted by Gasteiger charge is 2.14. The summed E-state index contributed by atoms with van der Waals surface area (Å²) in [6.07, 6.45) is 0. The highest BCUT2D eigenvalue weighted by Crippen LogP contribution is 2.21. The van der Waals surface area contributed by atoms with Gasteiger partial charge in [0.1, 0.15) is 11.3 Å². The van der Waals surface area contributed by atoms with Gasteiger partial charge in [0.2, 0.25) is 0 Å². The largest absolute Gasteiger partial charge is 0.507 e. The van der Waals surface area contributed by atoms with Gasteiger partial charge >= 0.3 is 5.97 Å². The summed E-state index contributed by atoms with van der Waals surface area (Å²) in [6.45, 7) is 0.0933. The zero-order valence-corrected chi connectivity index (χ0v) is 8.11. The molecule has 0 aliphatic heterocycles. The zero-order valence-electron chi connectivity index (χ0n) is 6.53. The first kappa shape index (κ1) is 10.0. The Bertz CT molecular complexity index is 324. The molecule has 70 valence electrons. The second-order valence-corrected chi connectivity index (χ2v) is 2.83. The zero-order chi connectivity index (χ0) is 9.84. The summed E-state index contributed by atoms with van der Waals surface area (Å²) in [4.78, 5) is 10.7. The van der Waals surface area contributed by atoms with Crippen molar-refractivity contribution in [3.63, 3.8) is 0 Å². The number of carbonyl (C=O) groups is 1. The number of phenols is 1. The van der Waals surface area contributed by atoms with Gasteiger partial charge in [-0.15, -0.1) is 0 Å². The first-order valence-electron chi connectivity index (χ1n) is 3.44. The summed E-state index contributed by atoms with van der Waals surface area (Å²) in [5.41, 5.74) is 0.298. The minimum absolute atomic E-state index is 0.0933. The van der Waals surface area contributed by atoms with Crippen molar-refractivity contribution in [2.75, 3.05) is 0 Å². The van der Waals surface area contributed by atoms with Crippen molar-refractivity contribution in [1.82, 2.24) is 0 Å². The maximum absolute atomic E-state index is 10.7. The lowest BCUT2D eigenvalue weighted by atomic mass is 10.1. The number of aromatic hydroxyl groups is 1. The maximum Gasteiger partial charge on any atom is 0.339 e. The van der Waals surface area contributed by atoms with E-state index in [1.54, 1.807) is 12.1 Å². The number of hydrogen-bond donors (Lipinski definition) is 2. The van der Waals surface area contributed by atoms with Crippen LogP contribution in [-0.2, 0) is 10.4 Å². The third kappa shape index (κ3) is 2.19. The van der Waals surface area contributed by atoms with E-state index >= 15 is 0 Å². The van der Waals surface area contributed by atoms with E-state index in [-0.39, 0.29) is 17.9 Å². The Morgan fingerprint density at radius 3 is 2.77 bits per heavy atom. The maximum atomic E-state index is 10.7. The fourth-order valence-electron chi connectivity index (χ4n) is 1.01. The fourth-order valence-corrected chi connectivity index (χ4v) is 1.26. The monoisotopic (exact) mass is 246 g/mol. The molecule has 1 aromatic rings. The van der Waals surface area contributed by atoms with Crippen LogP contribution in [0.2, 0.25) is 0 Å². The normalized spacial score (nSPS) is 9.92. The average Bonchev–Trinajstić information content (AvgIpc) is 2.04. The molecule has 0 saturated carbocycles. The second kappa shape index (κ2) is 4.25. The molecule has 0 unspecified atom stereocenters. The van der Waals surface area contributed by atoms with Crippen molar-refractivity contribution in [3.05, 3.63) is 29.3 Å². The lowest BCUT2D eigenvalue weighted by Crippen LogP contribution is -2.02. The predicted molar refractivity (Wildman–Crippen MR) is 48.8 cm³/mol. The summed E-state index contributed by atoms with van der Waals surface area (Å²) in [7, 11) is 0. The molecule has 5 heteroatoms. The summed E-state index contributed by atoms with van der Waals surface area (Å²) < 4.78 is 4.61. The number of halogens is 1. The summed E-state index contributed by atoms with van der Waals surface area (Å²) >= 11 is 2.72. The Morgan fingerprint density at radius 2 is 2.23 bits per heavy atom. The minimum Gasteiger partial charge on any atom is -0.507 e. The number of carboxylic acid groups (broad SMARTS) is 1. The molecular weight excluding hydrogens is 240 g/mol. The predicted octanol–water partition coefficient (Wildman–Crippen LogP) is 1.92. The molecule has 0 radical (unpaired) electrons.